The van der Waals surface area contributed by atoms with Gasteiger partial charge in [0.25, 0.3) is 22.5 Å². The van der Waals surface area contributed by atoms with E-state index < -0.39 is 0 Å². The van der Waals surface area contributed by atoms with E-state index in [1.165, 1.54) is 12.8 Å². The fourth-order valence-corrected chi connectivity index (χ4v) is 10.4. The number of halogens is 1. The lowest BCUT2D eigenvalue weighted by atomic mass is 9.49. The number of benzene rings is 4. The van der Waals surface area contributed by atoms with Crippen LogP contribution >= 0.6 is 11.6 Å². The first-order valence-electron chi connectivity index (χ1n) is 20.9. The van der Waals surface area contributed by atoms with Gasteiger partial charge in [0, 0.05) is 45.8 Å². The number of fused-ring (bicyclic) bond motifs is 2. The Labute approximate surface area is 356 Å². The number of nitrogens with two attached hydrogens (primary N) is 1. The van der Waals surface area contributed by atoms with Crippen molar-refractivity contribution >= 4 is 39.2 Å². The first-order valence-corrected chi connectivity index (χ1v) is 21.2. The van der Waals surface area contributed by atoms with Crippen LogP contribution in [0.25, 0.3) is 44.2 Å². The van der Waals surface area contributed by atoms with Crippen molar-refractivity contribution in [2.24, 2.45) is 16.6 Å². The number of nitrogens with zero attached hydrogens (tertiary/aromatic N) is 4. The number of nitrogens with one attached hydrogen (secondary N) is 3. The van der Waals surface area contributed by atoms with Gasteiger partial charge in [-0.3, -0.25) is 9.59 Å². The first kappa shape index (κ1) is 38.8. The average Bonchev–Trinajstić information content (AvgIpc) is 3.91. The molecule has 5 N–H and O–H groups in total. The second-order valence-electron chi connectivity index (χ2n) is 17.3. The predicted octanol–water partition coefficient (Wildman–Crippen LogP) is 9.62. The summed E-state index contributed by atoms with van der Waals surface area (Å²) in [4.78, 5) is 32.0. The summed E-state index contributed by atoms with van der Waals surface area (Å²) >= 11 is 5.53. The highest BCUT2D eigenvalue weighted by molar-refractivity contribution is 6.27. The Kier molecular flexibility index (Phi) is 10.1. The smallest absolute Gasteiger partial charge is 0.295 e. The molecule has 13 heteroatoms. The maximum atomic E-state index is 12.0. The number of hydrogen-bond acceptors (Lipinski definition) is 10. The summed E-state index contributed by atoms with van der Waals surface area (Å²) < 4.78 is 11.0. The third kappa shape index (κ3) is 7.77. The lowest BCUT2D eigenvalue weighted by Crippen LogP contribution is -2.52. The van der Waals surface area contributed by atoms with Crippen molar-refractivity contribution in [1.82, 2.24) is 30.4 Å². The number of anilines is 1. The molecule has 0 amide bonds. The molecule has 8 aromatic rings. The minimum atomic E-state index is -0.114. The van der Waals surface area contributed by atoms with Crippen LogP contribution in [0.1, 0.15) is 74.6 Å². The number of oxazole rings is 2. The Morgan fingerprint density at radius 2 is 1.02 bits per heavy atom. The first-order chi connectivity index (χ1) is 29.7. The lowest BCUT2D eigenvalue weighted by Gasteiger charge is -2.57. The normalized spacial score (nSPS) is 24.6. The highest BCUT2D eigenvalue weighted by atomic mass is 35.5. The molecule has 4 aliphatic rings. The van der Waals surface area contributed by atoms with Crippen molar-refractivity contribution in [1.29, 1.82) is 0 Å². The molecule has 0 aliphatic heterocycles. The summed E-state index contributed by atoms with van der Waals surface area (Å²) in [6.45, 7) is 0. The van der Waals surface area contributed by atoms with Gasteiger partial charge in [0.15, 0.2) is 11.5 Å². The maximum absolute atomic E-state index is 12.0. The zero-order valence-corrected chi connectivity index (χ0v) is 34.1. The summed E-state index contributed by atoms with van der Waals surface area (Å²) in [6.07, 6.45) is 12.5. The van der Waals surface area contributed by atoms with E-state index in [4.69, 9.17) is 26.2 Å². The Morgan fingerprint density at radius 3 is 1.49 bits per heavy atom. The third-order valence-corrected chi connectivity index (χ3v) is 13.3. The van der Waals surface area contributed by atoms with Gasteiger partial charge < -0.3 is 19.9 Å². The molecule has 4 aliphatic carbocycles. The van der Waals surface area contributed by atoms with E-state index in [0.29, 0.717) is 46.5 Å². The minimum absolute atomic E-state index is 0.0981. The van der Waals surface area contributed by atoms with Crippen LogP contribution in [0.4, 0.5) is 6.01 Å². The molecule has 2 spiro atoms. The summed E-state index contributed by atoms with van der Waals surface area (Å²) in [6, 6.07) is 36.6. The van der Waals surface area contributed by atoms with Gasteiger partial charge in [-0.05, 0) is 85.9 Å². The van der Waals surface area contributed by atoms with Crippen LogP contribution in [0.3, 0.4) is 0 Å². The monoisotopic (exact) mass is 832 g/mol. The molecule has 0 atom stereocenters. The molecule has 0 radical (unpaired) electrons. The quantitative estimate of drug-likeness (QED) is 0.126. The van der Waals surface area contributed by atoms with Crippen LogP contribution < -0.4 is 22.2 Å². The highest BCUT2D eigenvalue weighted by Crippen LogP contribution is 2.63. The van der Waals surface area contributed by atoms with E-state index in [0.717, 1.165) is 88.3 Å². The van der Waals surface area contributed by atoms with Gasteiger partial charge >= 0.3 is 0 Å². The van der Waals surface area contributed by atoms with Gasteiger partial charge in [-0.2, -0.15) is 10.2 Å². The van der Waals surface area contributed by atoms with E-state index in [1.54, 1.807) is 12.4 Å². The molecule has 12 nitrogen and oxygen atoms in total. The van der Waals surface area contributed by atoms with Crippen molar-refractivity contribution in [3.63, 3.8) is 0 Å². The number of hydrogen-bond donors (Lipinski definition) is 4. The molecule has 308 valence electrons. The summed E-state index contributed by atoms with van der Waals surface area (Å²) in [7, 11) is 0. The Hall–Kier alpha value is -6.37. The van der Waals surface area contributed by atoms with Gasteiger partial charge in [0.1, 0.15) is 0 Å². The Bertz CT molecular complexity index is 2920. The van der Waals surface area contributed by atoms with E-state index in [1.807, 2.05) is 109 Å². The Balaban J connectivity index is 0.000000122. The van der Waals surface area contributed by atoms with Crippen molar-refractivity contribution in [2.75, 3.05) is 5.32 Å². The van der Waals surface area contributed by atoms with Crippen LogP contribution in [0.5, 0.6) is 0 Å². The lowest BCUT2D eigenvalue weighted by molar-refractivity contribution is -0.00922. The van der Waals surface area contributed by atoms with Gasteiger partial charge in [-0.15, -0.1) is 0 Å². The van der Waals surface area contributed by atoms with E-state index in [-0.39, 0.29) is 16.5 Å². The zero-order valence-electron chi connectivity index (χ0n) is 33.4. The molecule has 4 aromatic heterocycles. The molecule has 0 unspecified atom stereocenters. The molecule has 4 heterocycles. The fourth-order valence-electron chi connectivity index (χ4n) is 10.3. The third-order valence-electron chi connectivity index (χ3n) is 13.1. The molecule has 4 saturated carbocycles. The van der Waals surface area contributed by atoms with E-state index >= 15 is 0 Å². The van der Waals surface area contributed by atoms with Crippen LogP contribution in [0.15, 0.2) is 140 Å². The number of aromatic nitrogens is 6. The average molecular weight is 833 g/mol. The number of H-pyrrole nitrogens is 2. The van der Waals surface area contributed by atoms with Crippen LogP contribution in [0, 0.1) is 10.8 Å². The van der Waals surface area contributed by atoms with Crippen molar-refractivity contribution in [3.05, 3.63) is 159 Å². The number of aromatic amines is 2. The Morgan fingerprint density at radius 1 is 0.574 bits per heavy atom. The largest absolute Gasteiger partial charge is 0.428 e. The van der Waals surface area contributed by atoms with Gasteiger partial charge in [0.05, 0.1) is 34.6 Å². The second kappa shape index (κ2) is 15.9. The second-order valence-corrected chi connectivity index (χ2v) is 17.7. The molecule has 4 aromatic carbocycles. The van der Waals surface area contributed by atoms with Gasteiger partial charge in [-0.25, -0.2) is 20.2 Å². The zero-order chi connectivity index (χ0) is 41.6. The summed E-state index contributed by atoms with van der Waals surface area (Å²) in [5.74, 6) is 2.38. The molecule has 0 bridgehead atoms. The van der Waals surface area contributed by atoms with Crippen molar-refractivity contribution in [2.45, 2.75) is 75.3 Å². The molecular weight excluding hydrogens is 788 g/mol. The highest BCUT2D eigenvalue weighted by Gasteiger charge is 2.54. The molecule has 4 fully saturated rings. The topological polar surface area (TPSA) is 182 Å². The molecular formula is C48H45ClN8O4. The SMILES string of the molecule is Clc1ncc(-c2ccccc2)o1.NC1CC2(C1)CC(c1n[nH]c(=O)c3ccccc13)C2.O=c1[nH]nc(C2CC3(CC(Nc4ncc(-c5ccccc5)o4)C3)C2)c2ccccc12. The van der Waals surface area contributed by atoms with Gasteiger partial charge in [0.2, 0.25) is 0 Å². The van der Waals surface area contributed by atoms with Crippen molar-refractivity contribution in [3.8, 4) is 22.6 Å². The van der Waals surface area contributed by atoms with E-state index in [2.05, 4.69) is 35.7 Å². The van der Waals surface area contributed by atoms with Crippen LogP contribution in [-0.2, 0) is 0 Å². The maximum Gasteiger partial charge on any atom is 0.295 e. The van der Waals surface area contributed by atoms with Crippen molar-refractivity contribution < 1.29 is 8.83 Å². The predicted molar refractivity (Wildman–Crippen MR) is 236 cm³/mol. The number of rotatable bonds is 6. The summed E-state index contributed by atoms with van der Waals surface area (Å²) in [5.41, 5.74) is 10.7. The van der Waals surface area contributed by atoms with E-state index in [9.17, 15) is 9.59 Å². The fraction of sp³-hybridized carbons (Fsp3) is 0.292. The van der Waals surface area contributed by atoms with Crippen LogP contribution in [0.2, 0.25) is 5.35 Å². The van der Waals surface area contributed by atoms with Crippen LogP contribution in [-0.4, -0.2) is 42.4 Å². The minimum Gasteiger partial charge on any atom is -0.428 e. The summed E-state index contributed by atoms with van der Waals surface area (Å²) in [5, 5.41) is 21.1. The van der Waals surface area contributed by atoms with Gasteiger partial charge in [-0.1, -0.05) is 97.1 Å². The molecule has 12 rings (SSSR count). The molecule has 61 heavy (non-hydrogen) atoms. The standard InChI is InChI=1S/C24H22N4O2.C15H17N3O.C9H6ClNO/c29-22-19-9-5-4-8-18(19)21(27-28-22)16-10-24(11-16)12-17(13-24)26-23-25-14-20(30-23)15-6-2-1-3-7-15;16-10-7-15(8-10)5-9(6-15)13-11-3-1-2-4-12(11)14(19)18-17-13;10-9-11-6-8(12-9)7-4-2-1-3-5-7/h1-9,14,16-17H,10-13H2,(H,25,26)(H,28,29);1-4,9-10H,5-8,16H2,(H,18,19);1-6H. The molecule has 0 saturated heterocycles.